The lowest BCUT2D eigenvalue weighted by Crippen LogP contribution is -2.38. The molecule has 39 heavy (non-hydrogen) atoms. The topological polar surface area (TPSA) is 109 Å². The lowest BCUT2D eigenvalue weighted by atomic mass is 9.81. The Balaban J connectivity index is 1.52. The van der Waals surface area contributed by atoms with Crippen molar-refractivity contribution in [3.63, 3.8) is 0 Å². The molecule has 3 N–H and O–H groups in total. The molecule has 216 valence electrons. The number of aliphatic hydroxyl groups excluding tert-OH is 1. The van der Waals surface area contributed by atoms with Gasteiger partial charge in [0, 0.05) is 24.8 Å². The monoisotopic (exact) mass is 571 g/mol. The fraction of sp³-hybridized carbons (Fsp3) is 0.652. The molecule has 2 amide bonds. The number of aliphatic hydroxyl groups is 1. The van der Waals surface area contributed by atoms with E-state index in [1.54, 1.807) is 0 Å². The first-order chi connectivity index (χ1) is 18.0. The minimum atomic E-state index is -4.55. The van der Waals surface area contributed by atoms with Crippen molar-refractivity contribution in [1.29, 1.82) is 0 Å². The minimum absolute atomic E-state index is 0.0134. The van der Waals surface area contributed by atoms with Gasteiger partial charge in [-0.05, 0) is 31.2 Å². The average molecular weight is 571 g/mol. The zero-order valence-corrected chi connectivity index (χ0v) is 20.2. The summed E-state index contributed by atoms with van der Waals surface area (Å²) in [5.74, 6) is -8.40. The smallest absolute Gasteiger partial charge is 0.369 e. The number of rotatable bonds is 8. The predicted octanol–water partition coefficient (Wildman–Crippen LogP) is 4.36. The lowest BCUT2D eigenvalue weighted by Gasteiger charge is -2.33. The molecular formula is C23H25F8N5O3. The molecule has 0 unspecified atom stereocenters. The SMILES string of the molecule is O=C(CCC(F)(F)F)N[C@H](O)c1cnn2cc([C@@H](NC(=O)[C@@H]3C[C@H]3C(F)(F)F)C3CCC(F)(F)CC3)nc2c1. The largest absolute Gasteiger partial charge is 0.392 e. The van der Waals surface area contributed by atoms with Gasteiger partial charge < -0.3 is 15.7 Å². The van der Waals surface area contributed by atoms with Gasteiger partial charge in [0.2, 0.25) is 17.7 Å². The van der Waals surface area contributed by atoms with Gasteiger partial charge in [0.05, 0.1) is 42.4 Å². The van der Waals surface area contributed by atoms with Crippen LogP contribution in [0.3, 0.4) is 0 Å². The summed E-state index contributed by atoms with van der Waals surface area (Å²) in [6.45, 7) is 0. The lowest BCUT2D eigenvalue weighted by molar-refractivity contribution is -0.155. The van der Waals surface area contributed by atoms with E-state index in [4.69, 9.17) is 0 Å². The van der Waals surface area contributed by atoms with E-state index in [9.17, 15) is 49.8 Å². The van der Waals surface area contributed by atoms with Gasteiger partial charge in [0.15, 0.2) is 11.9 Å². The minimum Gasteiger partial charge on any atom is -0.369 e. The van der Waals surface area contributed by atoms with Crippen LogP contribution in [0, 0.1) is 17.8 Å². The van der Waals surface area contributed by atoms with E-state index in [0.29, 0.717) is 0 Å². The van der Waals surface area contributed by atoms with Gasteiger partial charge in [-0.15, -0.1) is 0 Å². The first-order valence-electron chi connectivity index (χ1n) is 12.2. The Bertz CT molecular complexity index is 1200. The molecular weight excluding hydrogens is 546 g/mol. The highest BCUT2D eigenvalue weighted by molar-refractivity contribution is 5.82. The van der Waals surface area contributed by atoms with Crippen LogP contribution in [0.5, 0.6) is 0 Å². The fourth-order valence-corrected chi connectivity index (χ4v) is 4.71. The Morgan fingerprint density at radius 2 is 1.79 bits per heavy atom. The predicted molar refractivity (Wildman–Crippen MR) is 117 cm³/mol. The summed E-state index contributed by atoms with van der Waals surface area (Å²) in [5.41, 5.74) is 0.200. The Morgan fingerprint density at radius 1 is 1.13 bits per heavy atom. The van der Waals surface area contributed by atoms with E-state index in [2.05, 4.69) is 15.4 Å². The standard InChI is InChI=1S/C23H25F8N5O3/c24-21(25)4-1-11(2-5-21)18(35-20(39)13-8-14(13)23(29,30)31)15-10-36-16(33-15)7-12(9-32-36)19(38)34-17(37)3-6-22(26,27)28/h7,9-11,13-14,18-19,38H,1-6,8H2,(H,34,37)(H,35,39)/t13-,14-,18+,19-/m1/s1. The van der Waals surface area contributed by atoms with Crippen LogP contribution in [0.1, 0.15) is 68.5 Å². The molecule has 0 spiro atoms. The van der Waals surface area contributed by atoms with Gasteiger partial charge >= 0.3 is 12.4 Å². The Hall–Kier alpha value is -3.04. The summed E-state index contributed by atoms with van der Waals surface area (Å²) in [4.78, 5) is 28.7. The zero-order chi connectivity index (χ0) is 28.8. The van der Waals surface area contributed by atoms with Crippen LogP contribution in [-0.4, -0.2) is 49.8 Å². The summed E-state index contributed by atoms with van der Waals surface area (Å²) in [6, 6.07) is 0.278. The summed E-state index contributed by atoms with van der Waals surface area (Å²) < 4.78 is 105. The molecule has 2 aliphatic carbocycles. The van der Waals surface area contributed by atoms with Crippen molar-refractivity contribution in [2.45, 2.75) is 75.5 Å². The van der Waals surface area contributed by atoms with Gasteiger partial charge in [-0.1, -0.05) is 0 Å². The Morgan fingerprint density at radius 3 is 2.38 bits per heavy atom. The number of fused-ring (bicyclic) bond motifs is 1. The number of imidazole rings is 1. The van der Waals surface area contributed by atoms with Gasteiger partial charge in [-0.25, -0.2) is 18.3 Å². The van der Waals surface area contributed by atoms with E-state index in [1.165, 1.54) is 16.8 Å². The van der Waals surface area contributed by atoms with Crippen molar-refractivity contribution < 1.29 is 49.8 Å². The fourth-order valence-electron chi connectivity index (χ4n) is 4.71. The maximum absolute atomic E-state index is 13.8. The maximum atomic E-state index is 13.8. The first-order valence-corrected chi connectivity index (χ1v) is 12.2. The van der Waals surface area contributed by atoms with Crippen LogP contribution >= 0.6 is 0 Å². The van der Waals surface area contributed by atoms with Gasteiger partial charge in [-0.2, -0.15) is 31.4 Å². The number of alkyl halides is 8. The van der Waals surface area contributed by atoms with E-state index in [1.807, 2.05) is 5.32 Å². The molecule has 2 aromatic heterocycles. The molecule has 0 aliphatic heterocycles. The molecule has 2 fully saturated rings. The molecule has 2 heterocycles. The van der Waals surface area contributed by atoms with Crippen molar-refractivity contribution in [2.75, 3.05) is 0 Å². The Labute approximate surface area is 216 Å². The van der Waals surface area contributed by atoms with Crippen LogP contribution in [0.15, 0.2) is 18.5 Å². The number of carbonyl (C=O) groups is 2. The van der Waals surface area contributed by atoms with E-state index < -0.39 is 85.8 Å². The maximum Gasteiger partial charge on any atom is 0.392 e. The molecule has 16 heteroatoms. The second-order valence-electron chi connectivity index (χ2n) is 10.0. The molecule has 8 nitrogen and oxygen atoms in total. The molecule has 4 rings (SSSR count). The highest BCUT2D eigenvalue weighted by atomic mass is 19.4. The summed E-state index contributed by atoms with van der Waals surface area (Å²) in [5, 5.41) is 18.8. The number of nitrogens with one attached hydrogen (secondary N) is 2. The average Bonchev–Trinajstić information content (AvgIpc) is 3.54. The molecule has 4 atom stereocenters. The second-order valence-corrected chi connectivity index (χ2v) is 10.0. The molecule has 2 saturated carbocycles. The third kappa shape index (κ3) is 7.33. The number of hydrogen-bond donors (Lipinski definition) is 3. The molecule has 0 aromatic carbocycles. The molecule has 2 aliphatic rings. The number of carbonyl (C=O) groups excluding carboxylic acids is 2. The van der Waals surface area contributed by atoms with Crippen molar-refractivity contribution in [2.24, 2.45) is 17.8 Å². The van der Waals surface area contributed by atoms with Gasteiger partial charge in [0.1, 0.15) is 0 Å². The second kappa shape index (κ2) is 10.5. The Kier molecular flexibility index (Phi) is 7.80. The van der Waals surface area contributed by atoms with Crippen molar-refractivity contribution >= 4 is 17.5 Å². The quantitative estimate of drug-likeness (QED) is 0.323. The van der Waals surface area contributed by atoms with E-state index in [-0.39, 0.29) is 36.2 Å². The van der Waals surface area contributed by atoms with E-state index >= 15 is 0 Å². The third-order valence-electron chi connectivity index (χ3n) is 7.01. The van der Waals surface area contributed by atoms with Crippen molar-refractivity contribution in [3.05, 3.63) is 29.7 Å². The van der Waals surface area contributed by atoms with Gasteiger partial charge in [0.25, 0.3) is 0 Å². The highest BCUT2D eigenvalue weighted by Crippen LogP contribution is 2.50. The van der Waals surface area contributed by atoms with Crippen LogP contribution < -0.4 is 10.6 Å². The van der Waals surface area contributed by atoms with Crippen LogP contribution in [-0.2, 0) is 9.59 Å². The van der Waals surface area contributed by atoms with Crippen LogP contribution in [0.2, 0.25) is 0 Å². The normalized spacial score (nSPS) is 23.3. The highest BCUT2D eigenvalue weighted by Gasteiger charge is 2.59. The number of nitrogens with zero attached hydrogens (tertiary/aromatic N) is 3. The number of amides is 2. The summed E-state index contributed by atoms with van der Waals surface area (Å²) in [6.07, 6.45) is -11.9. The van der Waals surface area contributed by atoms with E-state index in [0.717, 1.165) is 6.20 Å². The molecule has 0 saturated heterocycles. The molecule has 0 radical (unpaired) electrons. The molecule has 0 bridgehead atoms. The van der Waals surface area contributed by atoms with Crippen LogP contribution in [0.25, 0.3) is 5.65 Å². The third-order valence-corrected chi connectivity index (χ3v) is 7.01. The van der Waals surface area contributed by atoms with Crippen molar-refractivity contribution in [1.82, 2.24) is 25.2 Å². The van der Waals surface area contributed by atoms with Crippen LogP contribution in [0.4, 0.5) is 35.1 Å². The molecule has 2 aromatic rings. The summed E-state index contributed by atoms with van der Waals surface area (Å²) >= 11 is 0. The first kappa shape index (κ1) is 29.0. The summed E-state index contributed by atoms with van der Waals surface area (Å²) in [7, 11) is 0. The van der Waals surface area contributed by atoms with Gasteiger partial charge in [-0.3, -0.25) is 9.59 Å². The number of halogens is 8. The zero-order valence-electron chi connectivity index (χ0n) is 20.2. The number of aromatic nitrogens is 3. The number of hydrogen-bond acceptors (Lipinski definition) is 5. The van der Waals surface area contributed by atoms with Crippen molar-refractivity contribution in [3.8, 4) is 0 Å².